The van der Waals surface area contributed by atoms with Crippen molar-refractivity contribution in [3.8, 4) is 0 Å². The van der Waals surface area contributed by atoms with Gasteiger partial charge in [0.2, 0.25) is 0 Å². The predicted octanol–water partition coefficient (Wildman–Crippen LogP) is 1.02. The topological polar surface area (TPSA) is 39.1 Å². The van der Waals surface area contributed by atoms with Crippen LogP contribution in [0.5, 0.6) is 0 Å². The molecule has 1 rings (SSSR count). The first-order valence-electron chi connectivity index (χ1n) is 4.10. The average Bonchev–Trinajstić information content (AvgIpc) is 2.47. The lowest BCUT2D eigenvalue weighted by Gasteiger charge is -2.12. The molecule has 0 spiro atoms. The van der Waals surface area contributed by atoms with E-state index in [4.69, 9.17) is 4.84 Å². The van der Waals surface area contributed by atoms with Gasteiger partial charge in [0, 0.05) is 19.4 Å². The van der Waals surface area contributed by atoms with Gasteiger partial charge in [0.1, 0.15) is 5.82 Å². The molecule has 0 aliphatic carbocycles. The third-order valence-electron chi connectivity index (χ3n) is 1.65. The summed E-state index contributed by atoms with van der Waals surface area (Å²) in [5, 5.41) is 0. The van der Waals surface area contributed by atoms with Crippen LogP contribution in [-0.4, -0.2) is 16.2 Å². The van der Waals surface area contributed by atoms with Gasteiger partial charge in [-0.15, -0.1) is 0 Å². The van der Waals surface area contributed by atoms with Crippen LogP contribution in [0.3, 0.4) is 0 Å². The molecule has 0 aliphatic heterocycles. The summed E-state index contributed by atoms with van der Waals surface area (Å²) in [6, 6.07) is 0.130. The van der Waals surface area contributed by atoms with E-state index in [0.29, 0.717) is 6.61 Å². The average molecular weight is 169 g/mol. The van der Waals surface area contributed by atoms with Crippen molar-refractivity contribution in [1.29, 1.82) is 0 Å². The molecule has 0 aromatic carbocycles. The largest absolute Gasteiger partial charge is 0.337 e. The normalized spacial score (nSPS) is 13.2. The molecule has 12 heavy (non-hydrogen) atoms. The Kier molecular flexibility index (Phi) is 3.25. The number of hydrogen-bond donors (Lipinski definition) is 1. The summed E-state index contributed by atoms with van der Waals surface area (Å²) in [7, 11) is 1.96. The lowest BCUT2D eigenvalue weighted by Crippen LogP contribution is -2.21. The van der Waals surface area contributed by atoms with Gasteiger partial charge in [0.25, 0.3) is 0 Å². The van der Waals surface area contributed by atoms with Crippen LogP contribution < -0.4 is 5.48 Å². The molecular formula is C8H15N3O. The second-order valence-corrected chi connectivity index (χ2v) is 2.67. The summed E-state index contributed by atoms with van der Waals surface area (Å²) >= 11 is 0. The fourth-order valence-electron chi connectivity index (χ4n) is 1.06. The van der Waals surface area contributed by atoms with E-state index >= 15 is 0 Å². The highest BCUT2D eigenvalue weighted by atomic mass is 16.6. The Balaban J connectivity index is 2.52. The van der Waals surface area contributed by atoms with Gasteiger partial charge in [0.15, 0.2) is 0 Å². The van der Waals surface area contributed by atoms with Gasteiger partial charge in [-0.25, -0.2) is 4.98 Å². The van der Waals surface area contributed by atoms with E-state index < -0.39 is 0 Å². The van der Waals surface area contributed by atoms with Crippen LogP contribution in [-0.2, 0) is 11.9 Å². The molecule has 68 valence electrons. The summed E-state index contributed by atoms with van der Waals surface area (Å²) in [5.41, 5.74) is 2.89. The minimum Gasteiger partial charge on any atom is -0.337 e. The summed E-state index contributed by atoms with van der Waals surface area (Å²) in [6.45, 7) is 4.62. The fraction of sp³-hybridized carbons (Fsp3) is 0.625. The number of imidazole rings is 1. The van der Waals surface area contributed by atoms with E-state index in [9.17, 15) is 0 Å². The molecule has 4 nitrogen and oxygen atoms in total. The second-order valence-electron chi connectivity index (χ2n) is 2.67. The van der Waals surface area contributed by atoms with Gasteiger partial charge in [-0.3, -0.25) is 0 Å². The second kappa shape index (κ2) is 4.23. The molecule has 0 saturated heterocycles. The van der Waals surface area contributed by atoms with Gasteiger partial charge in [-0.1, -0.05) is 0 Å². The van der Waals surface area contributed by atoms with Crippen LogP contribution in [0.15, 0.2) is 12.4 Å². The number of hydroxylamine groups is 1. The van der Waals surface area contributed by atoms with Crippen molar-refractivity contribution in [2.75, 3.05) is 6.61 Å². The van der Waals surface area contributed by atoms with Crippen molar-refractivity contribution in [3.63, 3.8) is 0 Å². The maximum Gasteiger partial charge on any atom is 0.127 e. The summed E-state index contributed by atoms with van der Waals surface area (Å²) < 4.78 is 1.97. The van der Waals surface area contributed by atoms with Crippen molar-refractivity contribution in [1.82, 2.24) is 15.0 Å². The number of aromatic nitrogens is 2. The van der Waals surface area contributed by atoms with Crippen molar-refractivity contribution in [3.05, 3.63) is 18.2 Å². The Bertz CT molecular complexity index is 234. The Morgan fingerprint density at radius 3 is 3.00 bits per heavy atom. The number of nitrogens with zero attached hydrogens (tertiary/aromatic N) is 2. The monoisotopic (exact) mass is 169 g/mol. The maximum atomic E-state index is 5.07. The zero-order valence-electron chi connectivity index (χ0n) is 7.74. The minimum atomic E-state index is 0.130. The van der Waals surface area contributed by atoms with E-state index in [1.807, 2.05) is 31.7 Å². The van der Waals surface area contributed by atoms with Crippen molar-refractivity contribution in [2.45, 2.75) is 19.9 Å². The number of nitrogens with one attached hydrogen (secondary N) is 1. The lowest BCUT2D eigenvalue weighted by molar-refractivity contribution is 0.0259. The third kappa shape index (κ3) is 2.06. The highest BCUT2D eigenvalue weighted by molar-refractivity contribution is 4.95. The van der Waals surface area contributed by atoms with E-state index in [1.54, 1.807) is 6.20 Å². The number of rotatable bonds is 4. The molecule has 0 bridgehead atoms. The maximum absolute atomic E-state index is 5.07. The van der Waals surface area contributed by atoms with Crippen LogP contribution in [0, 0.1) is 0 Å². The Labute approximate surface area is 72.5 Å². The fourth-order valence-corrected chi connectivity index (χ4v) is 1.06. The van der Waals surface area contributed by atoms with Crippen molar-refractivity contribution < 1.29 is 4.84 Å². The van der Waals surface area contributed by atoms with Gasteiger partial charge in [0.05, 0.1) is 12.6 Å². The van der Waals surface area contributed by atoms with Gasteiger partial charge in [-0.2, -0.15) is 5.48 Å². The van der Waals surface area contributed by atoms with Crippen LogP contribution in [0.2, 0.25) is 0 Å². The Morgan fingerprint density at radius 2 is 2.50 bits per heavy atom. The first-order valence-corrected chi connectivity index (χ1v) is 4.10. The van der Waals surface area contributed by atoms with E-state index in [2.05, 4.69) is 10.5 Å². The lowest BCUT2D eigenvalue weighted by atomic mass is 10.3. The molecule has 1 aromatic heterocycles. The smallest absolute Gasteiger partial charge is 0.127 e. The summed E-state index contributed by atoms with van der Waals surface area (Å²) in [4.78, 5) is 9.26. The van der Waals surface area contributed by atoms with Crippen LogP contribution in [0.1, 0.15) is 25.7 Å². The minimum absolute atomic E-state index is 0.130. The first kappa shape index (κ1) is 9.22. The van der Waals surface area contributed by atoms with Crippen LogP contribution in [0.4, 0.5) is 0 Å². The van der Waals surface area contributed by atoms with Crippen LogP contribution in [0.25, 0.3) is 0 Å². The molecule has 0 amide bonds. The molecule has 1 N–H and O–H groups in total. The molecule has 1 heterocycles. The first-order chi connectivity index (χ1) is 5.75. The van der Waals surface area contributed by atoms with Crippen molar-refractivity contribution >= 4 is 0 Å². The highest BCUT2D eigenvalue weighted by Gasteiger charge is 2.08. The molecule has 1 unspecified atom stereocenters. The molecule has 4 heteroatoms. The van der Waals surface area contributed by atoms with Gasteiger partial charge < -0.3 is 9.40 Å². The zero-order valence-corrected chi connectivity index (χ0v) is 7.74. The molecule has 0 aliphatic rings. The molecule has 0 fully saturated rings. The SMILES string of the molecule is CCONC(C)c1nccn1C. The van der Waals surface area contributed by atoms with E-state index in [1.165, 1.54) is 0 Å². The highest BCUT2D eigenvalue weighted by Crippen LogP contribution is 2.07. The van der Waals surface area contributed by atoms with Gasteiger partial charge >= 0.3 is 0 Å². The molecule has 0 radical (unpaired) electrons. The number of hydrogen-bond acceptors (Lipinski definition) is 3. The van der Waals surface area contributed by atoms with Crippen LogP contribution >= 0.6 is 0 Å². The van der Waals surface area contributed by atoms with Gasteiger partial charge in [-0.05, 0) is 13.8 Å². The quantitative estimate of drug-likeness (QED) is 0.684. The standard InChI is InChI=1S/C8H15N3O/c1-4-12-10-7(2)8-9-5-6-11(8)3/h5-7,10H,4H2,1-3H3. The Morgan fingerprint density at radius 1 is 1.75 bits per heavy atom. The number of aryl methyl sites for hydroxylation is 1. The van der Waals surface area contributed by atoms with E-state index in [0.717, 1.165) is 5.82 Å². The summed E-state index contributed by atoms with van der Waals surface area (Å²) in [5.74, 6) is 0.975. The van der Waals surface area contributed by atoms with Crippen molar-refractivity contribution in [2.24, 2.45) is 7.05 Å². The molecule has 1 aromatic rings. The molecule has 0 saturated carbocycles. The Hall–Kier alpha value is -0.870. The predicted molar refractivity (Wildman–Crippen MR) is 46.4 cm³/mol. The zero-order chi connectivity index (χ0) is 8.97. The molecular weight excluding hydrogens is 154 g/mol. The molecule has 1 atom stereocenters. The summed E-state index contributed by atoms with van der Waals surface area (Å²) in [6.07, 6.45) is 3.69. The third-order valence-corrected chi connectivity index (χ3v) is 1.65. The van der Waals surface area contributed by atoms with E-state index in [-0.39, 0.29) is 6.04 Å².